The number of nitrogens with zero attached hydrogens (tertiary/aromatic N) is 1. The maximum Gasteiger partial charge on any atom is 0.225 e. The highest BCUT2D eigenvalue weighted by Crippen LogP contribution is 2.16. The molecule has 4 heteroatoms. The van der Waals surface area contributed by atoms with Crippen LogP contribution in [0.15, 0.2) is 12.3 Å². The van der Waals surface area contributed by atoms with Gasteiger partial charge in [-0.3, -0.25) is 9.78 Å². The van der Waals surface area contributed by atoms with Gasteiger partial charge in [-0.25, -0.2) is 0 Å². The molecule has 1 aromatic rings. The van der Waals surface area contributed by atoms with Crippen molar-refractivity contribution in [1.82, 2.24) is 4.98 Å². The highest BCUT2D eigenvalue weighted by atomic mass is 16.1. The fourth-order valence-electron chi connectivity index (χ4n) is 1.22. The molecule has 76 valence electrons. The molecule has 0 saturated carbocycles. The minimum absolute atomic E-state index is 0.0632. The summed E-state index contributed by atoms with van der Waals surface area (Å²) in [6.45, 7) is 4.17. The zero-order chi connectivity index (χ0) is 10.6. The third-order valence-corrected chi connectivity index (χ3v) is 1.98. The molecule has 1 aromatic heterocycles. The van der Waals surface area contributed by atoms with E-state index in [0.29, 0.717) is 13.0 Å². The Hall–Kier alpha value is -1.42. The summed E-state index contributed by atoms with van der Waals surface area (Å²) in [5, 5.41) is 2.80. The number of nitrogens with two attached hydrogens (primary N) is 1. The van der Waals surface area contributed by atoms with E-state index >= 15 is 0 Å². The first-order valence-corrected chi connectivity index (χ1v) is 4.57. The molecule has 0 bridgehead atoms. The van der Waals surface area contributed by atoms with Gasteiger partial charge < -0.3 is 11.1 Å². The molecule has 0 atom stereocenters. The van der Waals surface area contributed by atoms with Gasteiger partial charge in [0.1, 0.15) is 0 Å². The van der Waals surface area contributed by atoms with E-state index in [-0.39, 0.29) is 5.91 Å². The molecular formula is C10H15N3O. The van der Waals surface area contributed by atoms with Crippen molar-refractivity contribution in [3.8, 4) is 0 Å². The third-order valence-electron chi connectivity index (χ3n) is 1.98. The number of rotatable bonds is 3. The summed E-state index contributed by atoms with van der Waals surface area (Å²) < 4.78 is 0. The maximum absolute atomic E-state index is 11.3. The molecule has 0 fully saturated rings. The van der Waals surface area contributed by atoms with E-state index in [0.717, 1.165) is 16.9 Å². The molecule has 1 amide bonds. The van der Waals surface area contributed by atoms with Gasteiger partial charge in [-0.2, -0.15) is 0 Å². The second-order valence-electron chi connectivity index (χ2n) is 3.18. The first-order chi connectivity index (χ1) is 6.65. The van der Waals surface area contributed by atoms with Crippen LogP contribution in [0.5, 0.6) is 0 Å². The first kappa shape index (κ1) is 10.7. The Bertz CT molecular complexity index is 316. The molecule has 3 N–H and O–H groups in total. The lowest BCUT2D eigenvalue weighted by Crippen LogP contribution is -2.17. The van der Waals surface area contributed by atoms with Crippen LogP contribution in [0.1, 0.15) is 17.7 Å². The van der Waals surface area contributed by atoms with Gasteiger partial charge in [-0.15, -0.1) is 0 Å². The van der Waals surface area contributed by atoms with E-state index in [1.165, 1.54) is 0 Å². The largest absolute Gasteiger partial charge is 0.330 e. The van der Waals surface area contributed by atoms with Crippen LogP contribution in [0.4, 0.5) is 5.69 Å². The van der Waals surface area contributed by atoms with Gasteiger partial charge in [0.2, 0.25) is 5.91 Å². The lowest BCUT2D eigenvalue weighted by Gasteiger charge is -2.09. The Balaban J connectivity index is 2.80. The molecule has 0 unspecified atom stereocenters. The van der Waals surface area contributed by atoms with Crippen LogP contribution >= 0.6 is 0 Å². The average Bonchev–Trinajstić information content (AvgIpc) is 2.12. The Labute approximate surface area is 83.5 Å². The van der Waals surface area contributed by atoms with Crippen LogP contribution in [0.2, 0.25) is 0 Å². The van der Waals surface area contributed by atoms with E-state index in [9.17, 15) is 4.79 Å². The number of carbonyl (C=O) groups excluding carboxylic acids is 1. The maximum atomic E-state index is 11.3. The van der Waals surface area contributed by atoms with Crippen molar-refractivity contribution in [3.63, 3.8) is 0 Å². The molecule has 0 aromatic carbocycles. The van der Waals surface area contributed by atoms with Crippen molar-refractivity contribution >= 4 is 11.6 Å². The van der Waals surface area contributed by atoms with Crippen molar-refractivity contribution < 1.29 is 4.79 Å². The fraction of sp³-hybridized carbons (Fsp3) is 0.400. The predicted molar refractivity (Wildman–Crippen MR) is 56.0 cm³/mol. The number of hydrogen-bond donors (Lipinski definition) is 2. The molecule has 0 aliphatic heterocycles. The van der Waals surface area contributed by atoms with Crippen LogP contribution in [0, 0.1) is 13.8 Å². The number of nitrogens with one attached hydrogen (secondary N) is 1. The van der Waals surface area contributed by atoms with Gasteiger partial charge in [-0.1, -0.05) is 0 Å². The SMILES string of the molecule is Cc1ccnc(C)c1NC(=O)CCN. The number of hydrogen-bond acceptors (Lipinski definition) is 3. The lowest BCUT2D eigenvalue weighted by molar-refractivity contribution is -0.116. The molecule has 0 aliphatic carbocycles. The molecule has 1 rings (SSSR count). The van der Waals surface area contributed by atoms with E-state index in [4.69, 9.17) is 5.73 Å². The van der Waals surface area contributed by atoms with Crippen molar-refractivity contribution in [2.75, 3.05) is 11.9 Å². The van der Waals surface area contributed by atoms with Crippen LogP contribution in [0.25, 0.3) is 0 Å². The molecule has 0 spiro atoms. The molecule has 1 heterocycles. The van der Waals surface area contributed by atoms with Gasteiger partial charge in [0.05, 0.1) is 11.4 Å². The lowest BCUT2D eigenvalue weighted by atomic mass is 10.2. The van der Waals surface area contributed by atoms with Gasteiger partial charge >= 0.3 is 0 Å². The van der Waals surface area contributed by atoms with E-state index in [1.54, 1.807) is 6.20 Å². The molecule has 0 saturated heterocycles. The molecule has 0 aliphatic rings. The summed E-state index contributed by atoms with van der Waals surface area (Å²) in [5.41, 5.74) is 7.93. The quantitative estimate of drug-likeness (QED) is 0.752. The third kappa shape index (κ3) is 2.53. The standard InChI is InChI=1S/C10H15N3O/c1-7-4-6-12-8(2)10(7)13-9(14)3-5-11/h4,6H,3,5,11H2,1-2H3,(H,13,14). The van der Waals surface area contributed by atoms with Crippen LogP contribution in [-0.4, -0.2) is 17.4 Å². The van der Waals surface area contributed by atoms with E-state index in [1.807, 2.05) is 19.9 Å². The molecular weight excluding hydrogens is 178 g/mol. The van der Waals surface area contributed by atoms with E-state index < -0.39 is 0 Å². The van der Waals surface area contributed by atoms with Gasteiger partial charge in [0, 0.05) is 19.2 Å². The predicted octanol–water partition coefficient (Wildman–Crippen LogP) is 0.986. The van der Waals surface area contributed by atoms with Crippen LogP contribution < -0.4 is 11.1 Å². The van der Waals surface area contributed by atoms with Crippen LogP contribution in [0.3, 0.4) is 0 Å². The average molecular weight is 193 g/mol. The minimum Gasteiger partial charge on any atom is -0.330 e. The highest BCUT2D eigenvalue weighted by Gasteiger charge is 2.06. The van der Waals surface area contributed by atoms with Gasteiger partial charge in [0.25, 0.3) is 0 Å². The Morgan fingerprint density at radius 1 is 1.57 bits per heavy atom. The van der Waals surface area contributed by atoms with Gasteiger partial charge in [0.15, 0.2) is 0 Å². The normalized spacial score (nSPS) is 9.93. The van der Waals surface area contributed by atoms with Crippen molar-refractivity contribution in [3.05, 3.63) is 23.5 Å². The Kier molecular flexibility index (Phi) is 3.59. The van der Waals surface area contributed by atoms with E-state index in [2.05, 4.69) is 10.3 Å². The Morgan fingerprint density at radius 2 is 2.29 bits per heavy atom. The number of aromatic nitrogens is 1. The number of carbonyl (C=O) groups is 1. The van der Waals surface area contributed by atoms with Gasteiger partial charge in [-0.05, 0) is 25.5 Å². The highest BCUT2D eigenvalue weighted by molar-refractivity contribution is 5.92. The van der Waals surface area contributed by atoms with Crippen molar-refractivity contribution in [2.24, 2.45) is 5.73 Å². The topological polar surface area (TPSA) is 68.0 Å². The molecule has 4 nitrogen and oxygen atoms in total. The summed E-state index contributed by atoms with van der Waals surface area (Å²) in [7, 11) is 0. The second kappa shape index (κ2) is 4.72. The molecule has 0 radical (unpaired) electrons. The minimum atomic E-state index is -0.0632. The Morgan fingerprint density at radius 3 is 2.86 bits per heavy atom. The number of pyridine rings is 1. The summed E-state index contributed by atoms with van der Waals surface area (Å²) in [5.74, 6) is -0.0632. The summed E-state index contributed by atoms with van der Waals surface area (Å²) in [6.07, 6.45) is 2.07. The summed E-state index contributed by atoms with van der Waals surface area (Å²) in [6, 6.07) is 1.87. The number of aryl methyl sites for hydroxylation is 2. The second-order valence-corrected chi connectivity index (χ2v) is 3.18. The number of anilines is 1. The summed E-state index contributed by atoms with van der Waals surface area (Å²) in [4.78, 5) is 15.4. The first-order valence-electron chi connectivity index (χ1n) is 4.57. The monoisotopic (exact) mass is 193 g/mol. The van der Waals surface area contributed by atoms with Crippen molar-refractivity contribution in [1.29, 1.82) is 0 Å². The smallest absolute Gasteiger partial charge is 0.225 e. The zero-order valence-corrected chi connectivity index (χ0v) is 8.50. The zero-order valence-electron chi connectivity index (χ0n) is 8.50. The number of amides is 1. The van der Waals surface area contributed by atoms with Crippen molar-refractivity contribution in [2.45, 2.75) is 20.3 Å². The molecule has 14 heavy (non-hydrogen) atoms. The summed E-state index contributed by atoms with van der Waals surface area (Å²) >= 11 is 0. The fourth-order valence-corrected chi connectivity index (χ4v) is 1.22. The van der Waals surface area contributed by atoms with Crippen LogP contribution in [-0.2, 0) is 4.79 Å².